The third-order valence-electron chi connectivity index (χ3n) is 3.28. The fraction of sp³-hybridized carbons (Fsp3) is 0.500. The van der Waals surface area contributed by atoms with Crippen LogP contribution < -0.4 is 5.43 Å². The summed E-state index contributed by atoms with van der Waals surface area (Å²) in [6.45, 7) is 1.89. The maximum Gasteiger partial charge on any atom is 0.322 e. The van der Waals surface area contributed by atoms with Crippen molar-refractivity contribution >= 4 is 5.97 Å². The Kier molecular flexibility index (Phi) is 4.73. The lowest BCUT2D eigenvalue weighted by Crippen LogP contribution is -2.51. The van der Waals surface area contributed by atoms with Gasteiger partial charge in [-0.05, 0) is 24.8 Å². The van der Waals surface area contributed by atoms with E-state index in [2.05, 4.69) is 5.43 Å². The maximum atomic E-state index is 11.3. The molecular weight excluding hydrogens is 228 g/mol. The van der Waals surface area contributed by atoms with Crippen LogP contribution in [0.2, 0.25) is 0 Å². The molecule has 0 bridgehead atoms. The zero-order valence-corrected chi connectivity index (χ0v) is 10.5. The molecule has 4 nitrogen and oxygen atoms in total. The van der Waals surface area contributed by atoms with Gasteiger partial charge in [0.2, 0.25) is 0 Å². The average Bonchev–Trinajstić information content (AvgIpc) is 2.40. The largest absolute Gasteiger partial charge is 0.480 e. The van der Waals surface area contributed by atoms with Crippen LogP contribution in [0.15, 0.2) is 30.3 Å². The first-order chi connectivity index (χ1) is 8.75. The summed E-state index contributed by atoms with van der Waals surface area (Å²) in [6, 6.07) is 9.22. The van der Waals surface area contributed by atoms with E-state index in [1.807, 2.05) is 35.3 Å². The van der Waals surface area contributed by atoms with Crippen molar-refractivity contribution < 1.29 is 9.90 Å². The molecule has 1 aliphatic heterocycles. The Bertz CT molecular complexity index is 375. The summed E-state index contributed by atoms with van der Waals surface area (Å²) >= 11 is 0. The van der Waals surface area contributed by atoms with Crippen LogP contribution in [0.5, 0.6) is 0 Å². The molecule has 4 heteroatoms. The number of carboxylic acids is 1. The van der Waals surface area contributed by atoms with E-state index in [9.17, 15) is 9.90 Å². The van der Waals surface area contributed by atoms with Crippen molar-refractivity contribution in [2.24, 2.45) is 0 Å². The first-order valence-electron chi connectivity index (χ1n) is 6.53. The molecule has 0 saturated carbocycles. The van der Waals surface area contributed by atoms with Gasteiger partial charge in [-0.3, -0.25) is 4.79 Å². The molecule has 0 aliphatic carbocycles. The molecule has 1 saturated heterocycles. The molecule has 0 spiro atoms. The number of piperidine rings is 1. The minimum Gasteiger partial charge on any atom is -0.480 e. The normalized spacial score (nSPS) is 18.4. The predicted molar refractivity (Wildman–Crippen MR) is 70.1 cm³/mol. The number of carbonyl (C=O) groups is 1. The minimum atomic E-state index is -0.788. The molecule has 1 fully saturated rings. The van der Waals surface area contributed by atoms with E-state index in [1.54, 1.807) is 0 Å². The van der Waals surface area contributed by atoms with Crippen molar-refractivity contribution in [3.8, 4) is 0 Å². The van der Waals surface area contributed by atoms with Gasteiger partial charge in [-0.2, -0.15) is 0 Å². The number of hydrogen-bond acceptors (Lipinski definition) is 3. The molecule has 1 unspecified atom stereocenters. The van der Waals surface area contributed by atoms with Gasteiger partial charge in [0.25, 0.3) is 0 Å². The zero-order valence-electron chi connectivity index (χ0n) is 10.5. The number of benzene rings is 1. The van der Waals surface area contributed by atoms with Crippen molar-refractivity contribution in [2.75, 3.05) is 13.1 Å². The summed E-state index contributed by atoms with van der Waals surface area (Å²) in [4.78, 5) is 11.3. The Labute approximate surface area is 108 Å². The van der Waals surface area contributed by atoms with E-state index in [1.165, 1.54) is 6.42 Å². The summed E-state index contributed by atoms with van der Waals surface area (Å²) in [5.74, 6) is -0.788. The topological polar surface area (TPSA) is 52.6 Å². The van der Waals surface area contributed by atoms with Crippen molar-refractivity contribution in [2.45, 2.75) is 31.7 Å². The summed E-state index contributed by atoms with van der Waals surface area (Å²) in [6.07, 6.45) is 4.05. The van der Waals surface area contributed by atoms with Gasteiger partial charge in [-0.1, -0.05) is 36.8 Å². The van der Waals surface area contributed by atoms with E-state index in [0.29, 0.717) is 6.42 Å². The summed E-state index contributed by atoms with van der Waals surface area (Å²) < 4.78 is 0. The fourth-order valence-electron chi connectivity index (χ4n) is 2.28. The number of nitrogens with one attached hydrogen (secondary N) is 1. The number of aliphatic carboxylic acids is 1. The Morgan fingerprint density at radius 1 is 1.22 bits per heavy atom. The smallest absolute Gasteiger partial charge is 0.322 e. The van der Waals surface area contributed by atoms with Crippen LogP contribution in [0.1, 0.15) is 24.8 Å². The van der Waals surface area contributed by atoms with Gasteiger partial charge in [0.15, 0.2) is 0 Å². The van der Waals surface area contributed by atoms with E-state index in [0.717, 1.165) is 31.5 Å². The number of hydrogen-bond donors (Lipinski definition) is 2. The Morgan fingerprint density at radius 2 is 1.89 bits per heavy atom. The number of hydrazine groups is 1. The van der Waals surface area contributed by atoms with Crippen LogP contribution in [-0.2, 0) is 11.2 Å². The molecule has 18 heavy (non-hydrogen) atoms. The van der Waals surface area contributed by atoms with Gasteiger partial charge in [-0.25, -0.2) is 10.4 Å². The highest BCUT2D eigenvalue weighted by Gasteiger charge is 2.21. The number of nitrogens with zero attached hydrogens (tertiary/aromatic N) is 1. The van der Waals surface area contributed by atoms with E-state index >= 15 is 0 Å². The van der Waals surface area contributed by atoms with E-state index in [-0.39, 0.29) is 0 Å². The van der Waals surface area contributed by atoms with Crippen LogP contribution >= 0.6 is 0 Å². The molecule has 1 heterocycles. The number of carboxylic acid groups (broad SMARTS) is 1. The maximum absolute atomic E-state index is 11.3. The van der Waals surface area contributed by atoms with Gasteiger partial charge < -0.3 is 5.11 Å². The standard InChI is InChI=1S/C14H20N2O2/c17-14(18)13(11-12-7-3-1-4-8-12)15-16-9-5-2-6-10-16/h1,3-4,7-8,13,15H,2,5-6,9-11H2,(H,17,18). The molecule has 1 aliphatic rings. The van der Waals surface area contributed by atoms with E-state index < -0.39 is 12.0 Å². The second-order valence-corrected chi connectivity index (χ2v) is 4.76. The van der Waals surface area contributed by atoms with Gasteiger partial charge >= 0.3 is 5.97 Å². The second kappa shape index (κ2) is 6.52. The van der Waals surface area contributed by atoms with Crippen LogP contribution in [0.4, 0.5) is 0 Å². The molecule has 0 amide bonds. The molecule has 0 aromatic heterocycles. The minimum absolute atomic E-state index is 0.521. The predicted octanol–water partition coefficient (Wildman–Crippen LogP) is 1.67. The lowest BCUT2D eigenvalue weighted by atomic mass is 10.1. The Balaban J connectivity index is 1.93. The second-order valence-electron chi connectivity index (χ2n) is 4.76. The van der Waals surface area contributed by atoms with Crippen molar-refractivity contribution in [1.29, 1.82) is 0 Å². The third-order valence-corrected chi connectivity index (χ3v) is 3.28. The van der Waals surface area contributed by atoms with Crippen LogP contribution in [0.3, 0.4) is 0 Å². The third kappa shape index (κ3) is 3.82. The molecule has 2 N–H and O–H groups in total. The molecular formula is C14H20N2O2. The summed E-state index contributed by atoms with van der Waals surface area (Å²) in [7, 11) is 0. The lowest BCUT2D eigenvalue weighted by molar-refractivity contribution is -0.141. The highest BCUT2D eigenvalue weighted by molar-refractivity contribution is 5.73. The van der Waals surface area contributed by atoms with Crippen molar-refractivity contribution in [1.82, 2.24) is 10.4 Å². The van der Waals surface area contributed by atoms with Gasteiger partial charge in [0.1, 0.15) is 6.04 Å². The van der Waals surface area contributed by atoms with Crippen molar-refractivity contribution in [3.63, 3.8) is 0 Å². The lowest BCUT2D eigenvalue weighted by Gasteiger charge is -2.30. The SMILES string of the molecule is O=C(O)C(Cc1ccccc1)NN1CCCCC1. The molecule has 2 rings (SSSR count). The molecule has 0 radical (unpaired) electrons. The van der Waals surface area contributed by atoms with Gasteiger partial charge in [0, 0.05) is 13.1 Å². The van der Waals surface area contributed by atoms with E-state index in [4.69, 9.17) is 0 Å². The molecule has 1 atom stereocenters. The monoisotopic (exact) mass is 248 g/mol. The van der Waals surface area contributed by atoms with Gasteiger partial charge in [0.05, 0.1) is 0 Å². The highest BCUT2D eigenvalue weighted by atomic mass is 16.4. The molecule has 1 aromatic carbocycles. The van der Waals surface area contributed by atoms with Crippen molar-refractivity contribution in [3.05, 3.63) is 35.9 Å². The molecule has 1 aromatic rings. The average molecular weight is 248 g/mol. The first kappa shape index (κ1) is 13.1. The summed E-state index contributed by atoms with van der Waals surface area (Å²) in [5.41, 5.74) is 4.19. The van der Waals surface area contributed by atoms with Crippen LogP contribution in [-0.4, -0.2) is 35.2 Å². The molecule has 98 valence electrons. The zero-order chi connectivity index (χ0) is 12.8. The Hall–Kier alpha value is -1.39. The van der Waals surface area contributed by atoms with Gasteiger partial charge in [-0.15, -0.1) is 0 Å². The van der Waals surface area contributed by atoms with Crippen LogP contribution in [0, 0.1) is 0 Å². The quantitative estimate of drug-likeness (QED) is 0.832. The number of rotatable bonds is 5. The van der Waals surface area contributed by atoms with Crippen LogP contribution in [0.25, 0.3) is 0 Å². The first-order valence-corrected chi connectivity index (χ1v) is 6.53. The summed E-state index contributed by atoms with van der Waals surface area (Å²) in [5, 5.41) is 11.3. The Morgan fingerprint density at radius 3 is 2.50 bits per heavy atom. The fourth-order valence-corrected chi connectivity index (χ4v) is 2.28. The highest BCUT2D eigenvalue weighted by Crippen LogP contribution is 2.09.